The quantitative estimate of drug-likeness (QED) is 0.563. The summed E-state index contributed by atoms with van der Waals surface area (Å²) in [6.45, 7) is 2.68. The second kappa shape index (κ2) is 11.4. The molecule has 7 heteroatoms. The largest absolute Gasteiger partial charge is 0.497 e. The van der Waals surface area contributed by atoms with Crippen LogP contribution in [0.25, 0.3) is 0 Å². The van der Waals surface area contributed by atoms with Gasteiger partial charge in [-0.15, -0.1) is 0 Å². The maximum absolute atomic E-state index is 11.6. The zero-order valence-electron chi connectivity index (χ0n) is 18.3. The van der Waals surface area contributed by atoms with Crippen LogP contribution in [0.4, 0.5) is 0 Å². The van der Waals surface area contributed by atoms with E-state index in [1.54, 1.807) is 25.3 Å². The fraction of sp³-hybridized carbons (Fsp3) is 0.435. The molecule has 2 rings (SSSR count). The van der Waals surface area contributed by atoms with E-state index in [1.165, 1.54) is 19.8 Å². The number of carbonyl (C=O) groups is 1. The van der Waals surface area contributed by atoms with Crippen LogP contribution in [-0.4, -0.2) is 69.7 Å². The van der Waals surface area contributed by atoms with Crippen molar-refractivity contribution < 1.29 is 28.8 Å². The van der Waals surface area contributed by atoms with E-state index in [0.717, 1.165) is 12.2 Å². The molecule has 0 saturated carbocycles. The van der Waals surface area contributed by atoms with Gasteiger partial charge >= 0.3 is 5.97 Å². The van der Waals surface area contributed by atoms with Crippen molar-refractivity contribution in [3.05, 3.63) is 53.6 Å². The van der Waals surface area contributed by atoms with Gasteiger partial charge in [0.2, 0.25) is 0 Å². The number of esters is 1. The minimum Gasteiger partial charge on any atom is -0.497 e. The standard InChI is InChI=1S/C23H31NO6/c1-16(12-17-6-9-20(27-3)10-7-17)24(2)14-19(25)15-30-21-11-8-18(23(26)29-5)13-22(21)28-4/h6-11,13,16,19,25H,12,14-15H2,1-5H3. The smallest absolute Gasteiger partial charge is 0.337 e. The van der Waals surface area contributed by atoms with Crippen molar-refractivity contribution in [3.63, 3.8) is 0 Å². The number of methoxy groups -OCH3 is 3. The van der Waals surface area contributed by atoms with Gasteiger partial charge in [-0.2, -0.15) is 0 Å². The first-order valence-electron chi connectivity index (χ1n) is 9.78. The fourth-order valence-electron chi connectivity index (χ4n) is 3.04. The van der Waals surface area contributed by atoms with Crippen LogP contribution in [0.2, 0.25) is 0 Å². The number of benzene rings is 2. The number of aliphatic hydroxyl groups excluding tert-OH is 1. The lowest BCUT2D eigenvalue weighted by atomic mass is 10.1. The van der Waals surface area contributed by atoms with E-state index in [9.17, 15) is 9.90 Å². The lowest BCUT2D eigenvalue weighted by Gasteiger charge is -2.27. The fourth-order valence-corrected chi connectivity index (χ4v) is 3.04. The number of aliphatic hydroxyl groups is 1. The summed E-state index contributed by atoms with van der Waals surface area (Å²) in [5, 5.41) is 10.4. The van der Waals surface area contributed by atoms with E-state index >= 15 is 0 Å². The molecule has 0 radical (unpaired) electrons. The van der Waals surface area contributed by atoms with E-state index in [1.807, 2.05) is 31.3 Å². The van der Waals surface area contributed by atoms with Gasteiger partial charge in [0.05, 0.1) is 26.9 Å². The molecule has 2 aromatic carbocycles. The number of likely N-dealkylation sites (N-methyl/N-ethyl adjacent to an activating group) is 1. The van der Waals surface area contributed by atoms with Crippen molar-refractivity contribution in [1.29, 1.82) is 0 Å². The predicted octanol–water partition coefficient (Wildman–Crippen LogP) is 2.79. The van der Waals surface area contributed by atoms with E-state index in [0.29, 0.717) is 23.6 Å². The lowest BCUT2D eigenvalue weighted by Crippen LogP contribution is -2.39. The zero-order chi connectivity index (χ0) is 22.1. The monoisotopic (exact) mass is 417 g/mol. The third-order valence-corrected chi connectivity index (χ3v) is 4.96. The molecule has 0 saturated heterocycles. The molecular weight excluding hydrogens is 386 g/mol. The molecule has 0 aliphatic rings. The Hall–Kier alpha value is -2.77. The molecule has 0 bridgehead atoms. The third-order valence-electron chi connectivity index (χ3n) is 4.96. The molecule has 2 atom stereocenters. The summed E-state index contributed by atoms with van der Waals surface area (Å²) in [5.74, 6) is 1.25. The molecule has 1 N–H and O–H groups in total. The van der Waals surface area contributed by atoms with Crippen molar-refractivity contribution in [2.24, 2.45) is 0 Å². The van der Waals surface area contributed by atoms with Crippen LogP contribution in [-0.2, 0) is 11.2 Å². The van der Waals surface area contributed by atoms with Gasteiger partial charge in [-0.05, 0) is 56.3 Å². The Morgan fingerprint density at radius 2 is 1.73 bits per heavy atom. The van der Waals surface area contributed by atoms with E-state index in [2.05, 4.69) is 11.8 Å². The van der Waals surface area contributed by atoms with Gasteiger partial charge < -0.3 is 29.0 Å². The van der Waals surface area contributed by atoms with Gasteiger partial charge in [0.1, 0.15) is 18.5 Å². The lowest BCUT2D eigenvalue weighted by molar-refractivity contribution is 0.0597. The summed E-state index contributed by atoms with van der Waals surface area (Å²) >= 11 is 0. The normalized spacial score (nSPS) is 12.9. The molecule has 7 nitrogen and oxygen atoms in total. The second-order valence-electron chi connectivity index (χ2n) is 7.16. The van der Waals surface area contributed by atoms with E-state index in [4.69, 9.17) is 18.9 Å². The number of ether oxygens (including phenoxy) is 4. The van der Waals surface area contributed by atoms with Crippen LogP contribution in [0.1, 0.15) is 22.8 Å². The van der Waals surface area contributed by atoms with E-state index < -0.39 is 12.1 Å². The summed E-state index contributed by atoms with van der Waals surface area (Å²) in [6, 6.07) is 13.0. The molecule has 0 fully saturated rings. The molecule has 0 amide bonds. The first-order chi connectivity index (χ1) is 14.4. The molecule has 0 aromatic heterocycles. The van der Waals surface area contributed by atoms with Gasteiger partial charge in [0, 0.05) is 12.6 Å². The van der Waals surface area contributed by atoms with Gasteiger partial charge in [0.15, 0.2) is 11.5 Å². The van der Waals surface area contributed by atoms with Crippen LogP contribution in [0.5, 0.6) is 17.2 Å². The summed E-state index contributed by atoms with van der Waals surface area (Å²) in [7, 11) is 6.44. The Labute approximate surface area is 178 Å². The second-order valence-corrected chi connectivity index (χ2v) is 7.16. The third kappa shape index (κ3) is 6.64. The van der Waals surface area contributed by atoms with Crippen molar-refractivity contribution >= 4 is 5.97 Å². The first-order valence-corrected chi connectivity index (χ1v) is 9.78. The molecule has 0 aliphatic heterocycles. The van der Waals surface area contributed by atoms with Crippen LogP contribution in [0.15, 0.2) is 42.5 Å². The number of hydrogen-bond donors (Lipinski definition) is 1. The molecule has 164 valence electrons. The average Bonchev–Trinajstić information content (AvgIpc) is 2.77. The minimum atomic E-state index is -0.682. The Balaban J connectivity index is 1.87. The van der Waals surface area contributed by atoms with E-state index in [-0.39, 0.29) is 12.6 Å². The Morgan fingerprint density at radius 1 is 1.03 bits per heavy atom. The Bertz CT molecular complexity index is 808. The molecular formula is C23H31NO6. The highest BCUT2D eigenvalue weighted by molar-refractivity contribution is 5.90. The zero-order valence-corrected chi connectivity index (χ0v) is 18.3. The maximum Gasteiger partial charge on any atom is 0.337 e. The highest BCUT2D eigenvalue weighted by Crippen LogP contribution is 2.28. The van der Waals surface area contributed by atoms with Crippen LogP contribution >= 0.6 is 0 Å². The predicted molar refractivity (Wildman–Crippen MR) is 115 cm³/mol. The molecule has 2 aromatic rings. The molecule has 2 unspecified atom stereocenters. The van der Waals surface area contributed by atoms with Gasteiger partial charge in [-0.25, -0.2) is 4.79 Å². The number of hydrogen-bond acceptors (Lipinski definition) is 7. The molecule has 0 heterocycles. The van der Waals surface area contributed by atoms with Crippen LogP contribution in [0, 0.1) is 0 Å². The topological polar surface area (TPSA) is 77.5 Å². The summed E-state index contributed by atoms with van der Waals surface area (Å²) in [5.41, 5.74) is 1.57. The molecule has 0 aliphatic carbocycles. The average molecular weight is 418 g/mol. The summed E-state index contributed by atoms with van der Waals surface area (Å²) < 4.78 is 20.9. The Morgan fingerprint density at radius 3 is 2.33 bits per heavy atom. The van der Waals surface area contributed by atoms with Crippen molar-refractivity contribution in [1.82, 2.24) is 4.90 Å². The van der Waals surface area contributed by atoms with Gasteiger partial charge in [-0.1, -0.05) is 12.1 Å². The van der Waals surface area contributed by atoms with Crippen LogP contribution in [0.3, 0.4) is 0 Å². The maximum atomic E-state index is 11.6. The summed E-state index contributed by atoms with van der Waals surface area (Å²) in [4.78, 5) is 13.7. The number of rotatable bonds is 11. The SMILES string of the molecule is COC(=O)c1ccc(OCC(O)CN(C)C(C)Cc2ccc(OC)cc2)c(OC)c1. The molecule has 30 heavy (non-hydrogen) atoms. The first kappa shape index (κ1) is 23.5. The summed E-state index contributed by atoms with van der Waals surface area (Å²) in [6.07, 6.45) is 0.176. The Kier molecular flexibility index (Phi) is 8.95. The van der Waals surface area contributed by atoms with Gasteiger partial charge in [-0.3, -0.25) is 0 Å². The van der Waals surface area contributed by atoms with Crippen LogP contribution < -0.4 is 14.2 Å². The highest BCUT2D eigenvalue weighted by Gasteiger charge is 2.17. The highest BCUT2D eigenvalue weighted by atomic mass is 16.5. The van der Waals surface area contributed by atoms with Crippen molar-refractivity contribution in [2.45, 2.75) is 25.5 Å². The van der Waals surface area contributed by atoms with Crippen molar-refractivity contribution in [2.75, 3.05) is 41.5 Å². The van der Waals surface area contributed by atoms with Gasteiger partial charge in [0.25, 0.3) is 0 Å². The minimum absolute atomic E-state index is 0.105. The number of nitrogens with zero attached hydrogens (tertiary/aromatic N) is 1. The number of carbonyl (C=O) groups excluding carboxylic acids is 1. The van der Waals surface area contributed by atoms with Crippen molar-refractivity contribution in [3.8, 4) is 17.2 Å². The molecule has 0 spiro atoms.